The zero-order chi connectivity index (χ0) is 15.6. The molecule has 0 amide bonds. The maximum Gasteiger partial charge on any atom is 0.416 e. The fourth-order valence-electron chi connectivity index (χ4n) is 2.45. The van der Waals surface area contributed by atoms with Crippen LogP contribution in [0.5, 0.6) is 0 Å². The molecule has 2 N–H and O–H groups in total. The van der Waals surface area contributed by atoms with Gasteiger partial charge in [-0.25, -0.2) is 4.99 Å². The van der Waals surface area contributed by atoms with Crippen molar-refractivity contribution < 1.29 is 17.9 Å². The second kappa shape index (κ2) is 5.83. The predicted molar refractivity (Wildman–Crippen MR) is 75.4 cm³/mol. The number of aliphatic imine (C=N–C) groups is 1. The molecule has 0 saturated carbocycles. The molecule has 1 atom stereocenters. The smallest absolute Gasteiger partial charge is 0.416 e. The monoisotopic (exact) mass is 301 g/mol. The molecule has 0 fully saturated rings. The molecule has 1 aliphatic heterocycles. The number of benzene rings is 1. The zero-order valence-corrected chi connectivity index (χ0v) is 11.9. The van der Waals surface area contributed by atoms with Crippen molar-refractivity contribution in [1.29, 1.82) is 0 Å². The molecule has 1 heterocycles. The van der Waals surface area contributed by atoms with Crippen LogP contribution in [0.2, 0.25) is 0 Å². The topological polar surface area (TPSA) is 50.9 Å². The van der Waals surface area contributed by atoms with Crippen LogP contribution in [-0.4, -0.2) is 31.8 Å². The van der Waals surface area contributed by atoms with E-state index in [0.717, 1.165) is 6.07 Å². The van der Waals surface area contributed by atoms with Crippen LogP contribution in [0.4, 0.5) is 18.9 Å². The van der Waals surface area contributed by atoms with E-state index in [-0.39, 0.29) is 17.6 Å². The number of nitrogens with zero attached hydrogens (tertiary/aromatic N) is 2. The summed E-state index contributed by atoms with van der Waals surface area (Å²) in [6.45, 7) is 4.79. The minimum absolute atomic E-state index is 0.136. The van der Waals surface area contributed by atoms with E-state index in [4.69, 9.17) is 10.5 Å². The molecule has 0 radical (unpaired) electrons. The summed E-state index contributed by atoms with van der Waals surface area (Å²) in [6.07, 6.45) is -4.35. The number of amidine groups is 1. The van der Waals surface area contributed by atoms with E-state index in [0.29, 0.717) is 25.4 Å². The average molecular weight is 301 g/mol. The maximum atomic E-state index is 13.0. The Morgan fingerprint density at radius 1 is 1.43 bits per heavy atom. The number of likely N-dealkylation sites (N-methyl/N-ethyl adjacent to an activating group) is 1. The predicted octanol–water partition coefficient (Wildman–Crippen LogP) is 2.55. The molecule has 1 aromatic rings. The molecule has 2 rings (SSSR count). The van der Waals surface area contributed by atoms with Crippen molar-refractivity contribution >= 4 is 11.7 Å². The van der Waals surface area contributed by atoms with Gasteiger partial charge in [-0.05, 0) is 31.5 Å². The van der Waals surface area contributed by atoms with Crippen LogP contribution in [0.1, 0.15) is 18.1 Å². The van der Waals surface area contributed by atoms with Crippen LogP contribution in [0.15, 0.2) is 23.2 Å². The SMILES string of the molecule is CCN(C[C@H]1COC(N)=N1)c1cccc(C(F)(F)F)c1C. The van der Waals surface area contributed by atoms with Gasteiger partial charge < -0.3 is 15.4 Å². The van der Waals surface area contributed by atoms with Crippen LogP contribution in [0.3, 0.4) is 0 Å². The van der Waals surface area contributed by atoms with Gasteiger partial charge in [-0.3, -0.25) is 0 Å². The fraction of sp³-hybridized carbons (Fsp3) is 0.500. The lowest BCUT2D eigenvalue weighted by molar-refractivity contribution is -0.138. The van der Waals surface area contributed by atoms with E-state index in [1.54, 1.807) is 6.07 Å². The standard InChI is InChI=1S/C14H18F3N3O/c1-3-20(7-10-8-21-13(18)19-10)12-6-4-5-11(9(12)2)14(15,16)17/h4-6,10H,3,7-8H2,1-2H3,(H2,18,19)/t10-/m0/s1. The summed E-state index contributed by atoms with van der Waals surface area (Å²) < 4.78 is 44.0. The number of halogens is 3. The van der Waals surface area contributed by atoms with E-state index in [2.05, 4.69) is 4.99 Å². The van der Waals surface area contributed by atoms with Crippen LogP contribution >= 0.6 is 0 Å². The van der Waals surface area contributed by atoms with E-state index in [1.807, 2.05) is 11.8 Å². The zero-order valence-electron chi connectivity index (χ0n) is 11.9. The number of hydrogen-bond acceptors (Lipinski definition) is 4. The molecule has 7 heteroatoms. The van der Waals surface area contributed by atoms with Crippen molar-refractivity contribution in [2.24, 2.45) is 10.7 Å². The van der Waals surface area contributed by atoms with E-state index < -0.39 is 11.7 Å². The van der Waals surface area contributed by atoms with Crippen molar-refractivity contribution in [2.45, 2.75) is 26.1 Å². The molecule has 0 saturated heterocycles. The number of nitrogens with two attached hydrogens (primary N) is 1. The van der Waals surface area contributed by atoms with Crippen LogP contribution in [0.25, 0.3) is 0 Å². The van der Waals surface area contributed by atoms with Crippen LogP contribution < -0.4 is 10.6 Å². The first-order chi connectivity index (χ1) is 9.82. The van der Waals surface area contributed by atoms with Crippen molar-refractivity contribution in [3.05, 3.63) is 29.3 Å². The first-order valence-electron chi connectivity index (χ1n) is 6.70. The van der Waals surface area contributed by atoms with E-state index in [9.17, 15) is 13.2 Å². The van der Waals surface area contributed by atoms with Crippen LogP contribution in [-0.2, 0) is 10.9 Å². The van der Waals surface area contributed by atoms with Gasteiger partial charge in [0.25, 0.3) is 6.02 Å². The number of ether oxygens (including phenoxy) is 1. The summed E-state index contributed by atoms with van der Waals surface area (Å²) in [4.78, 5) is 5.97. The maximum absolute atomic E-state index is 13.0. The first-order valence-corrected chi connectivity index (χ1v) is 6.70. The fourth-order valence-corrected chi connectivity index (χ4v) is 2.45. The molecule has 116 valence electrons. The van der Waals surface area contributed by atoms with Crippen molar-refractivity contribution in [3.63, 3.8) is 0 Å². The van der Waals surface area contributed by atoms with Gasteiger partial charge in [0.15, 0.2) is 0 Å². The number of alkyl halides is 3. The molecule has 0 unspecified atom stereocenters. The number of rotatable bonds is 4. The molecule has 21 heavy (non-hydrogen) atoms. The Kier molecular flexibility index (Phi) is 4.29. The minimum Gasteiger partial charge on any atom is -0.463 e. The third kappa shape index (κ3) is 3.40. The minimum atomic E-state index is -4.35. The van der Waals surface area contributed by atoms with Gasteiger partial charge in [-0.1, -0.05) is 6.07 Å². The largest absolute Gasteiger partial charge is 0.463 e. The van der Waals surface area contributed by atoms with Crippen molar-refractivity contribution in [3.8, 4) is 0 Å². The normalized spacial score (nSPS) is 18.3. The highest BCUT2D eigenvalue weighted by Crippen LogP contribution is 2.35. The summed E-state index contributed by atoms with van der Waals surface area (Å²) >= 11 is 0. The molecule has 0 aromatic heterocycles. The highest BCUT2D eigenvalue weighted by atomic mass is 19.4. The summed E-state index contributed by atoms with van der Waals surface area (Å²) in [5, 5.41) is 0. The van der Waals surface area contributed by atoms with Crippen LogP contribution in [0, 0.1) is 6.92 Å². The molecule has 4 nitrogen and oxygen atoms in total. The Hall–Kier alpha value is -1.92. The Morgan fingerprint density at radius 2 is 2.14 bits per heavy atom. The summed E-state index contributed by atoms with van der Waals surface area (Å²) in [5.74, 6) is 0. The molecule has 1 aromatic carbocycles. The van der Waals surface area contributed by atoms with Gasteiger partial charge in [0.1, 0.15) is 12.6 Å². The Bertz CT molecular complexity index is 543. The first kappa shape index (κ1) is 15.5. The quantitative estimate of drug-likeness (QED) is 0.930. The molecular formula is C14H18F3N3O. The average Bonchev–Trinajstić information content (AvgIpc) is 2.81. The molecular weight excluding hydrogens is 283 g/mol. The molecule has 0 bridgehead atoms. The van der Waals surface area contributed by atoms with Gasteiger partial charge >= 0.3 is 6.18 Å². The van der Waals surface area contributed by atoms with Gasteiger partial charge in [-0.15, -0.1) is 0 Å². The third-order valence-electron chi connectivity index (χ3n) is 3.50. The lowest BCUT2D eigenvalue weighted by Gasteiger charge is -2.27. The lowest BCUT2D eigenvalue weighted by atomic mass is 10.0. The van der Waals surface area contributed by atoms with Gasteiger partial charge in [-0.2, -0.15) is 13.2 Å². The second-order valence-electron chi connectivity index (χ2n) is 4.92. The van der Waals surface area contributed by atoms with Gasteiger partial charge in [0.05, 0.1) is 5.56 Å². The lowest BCUT2D eigenvalue weighted by Crippen LogP contribution is -2.33. The molecule has 0 spiro atoms. The highest BCUT2D eigenvalue weighted by molar-refractivity contribution is 5.73. The van der Waals surface area contributed by atoms with Crippen molar-refractivity contribution in [2.75, 3.05) is 24.6 Å². The highest BCUT2D eigenvalue weighted by Gasteiger charge is 2.33. The second-order valence-corrected chi connectivity index (χ2v) is 4.92. The van der Waals surface area contributed by atoms with Crippen molar-refractivity contribution in [1.82, 2.24) is 0 Å². The number of hydrogen-bond donors (Lipinski definition) is 1. The van der Waals surface area contributed by atoms with Gasteiger partial charge in [0.2, 0.25) is 0 Å². The molecule has 1 aliphatic rings. The summed E-state index contributed by atoms with van der Waals surface area (Å²) in [5.41, 5.74) is 5.63. The Labute approximate surface area is 121 Å². The van der Waals surface area contributed by atoms with E-state index >= 15 is 0 Å². The number of anilines is 1. The van der Waals surface area contributed by atoms with E-state index in [1.165, 1.54) is 13.0 Å². The third-order valence-corrected chi connectivity index (χ3v) is 3.50. The van der Waals surface area contributed by atoms with Gasteiger partial charge in [0, 0.05) is 18.8 Å². The molecule has 0 aliphatic carbocycles. The summed E-state index contributed by atoms with van der Waals surface area (Å²) in [6, 6.07) is 4.20. The Balaban J connectivity index is 2.26. The summed E-state index contributed by atoms with van der Waals surface area (Å²) in [7, 11) is 0. The Morgan fingerprint density at radius 3 is 2.67 bits per heavy atom.